The van der Waals surface area contributed by atoms with Crippen molar-refractivity contribution in [1.82, 2.24) is 10.2 Å². The molecule has 0 spiro atoms. The quantitative estimate of drug-likeness (QED) is 0.789. The van der Waals surface area contributed by atoms with Gasteiger partial charge in [0.1, 0.15) is 5.82 Å². The van der Waals surface area contributed by atoms with Crippen LogP contribution in [0.2, 0.25) is 5.15 Å². The summed E-state index contributed by atoms with van der Waals surface area (Å²) in [5, 5.41) is 11.4. The maximum atomic E-state index is 5.65. The normalized spacial score (nSPS) is 17.9. The van der Waals surface area contributed by atoms with Crippen molar-refractivity contribution in [2.45, 2.75) is 18.9 Å². The third-order valence-electron chi connectivity index (χ3n) is 2.41. The molecule has 1 aromatic heterocycles. The van der Waals surface area contributed by atoms with Crippen molar-refractivity contribution in [3.8, 4) is 0 Å². The summed E-state index contributed by atoms with van der Waals surface area (Å²) < 4.78 is 0. The van der Waals surface area contributed by atoms with Gasteiger partial charge >= 0.3 is 0 Å². The van der Waals surface area contributed by atoms with Gasteiger partial charge in [-0.3, -0.25) is 0 Å². The first kappa shape index (κ1) is 9.68. The molecule has 1 heterocycles. The highest BCUT2D eigenvalue weighted by atomic mass is 35.5. The summed E-state index contributed by atoms with van der Waals surface area (Å²) >= 11 is 5.63. The standard InChI is InChI=1S/C9H13ClN4/c10-8-3-4-9(14-13-8)12-7(5-11)6-1-2-6/h3-4,6-7H,1-2,5,11H2,(H,12,14). The zero-order valence-corrected chi connectivity index (χ0v) is 8.54. The van der Waals surface area contributed by atoms with Crippen LogP contribution in [0.5, 0.6) is 0 Å². The monoisotopic (exact) mass is 212 g/mol. The van der Waals surface area contributed by atoms with Crippen LogP contribution in [0.15, 0.2) is 12.1 Å². The van der Waals surface area contributed by atoms with Crippen LogP contribution < -0.4 is 11.1 Å². The largest absolute Gasteiger partial charge is 0.364 e. The van der Waals surface area contributed by atoms with Gasteiger partial charge in [0.25, 0.3) is 0 Å². The van der Waals surface area contributed by atoms with Gasteiger partial charge in [0.15, 0.2) is 5.15 Å². The molecule has 1 aromatic rings. The number of aromatic nitrogens is 2. The van der Waals surface area contributed by atoms with Gasteiger partial charge in [-0.25, -0.2) is 0 Å². The van der Waals surface area contributed by atoms with Gasteiger partial charge in [0.2, 0.25) is 0 Å². The lowest BCUT2D eigenvalue weighted by atomic mass is 10.2. The Morgan fingerprint density at radius 3 is 2.79 bits per heavy atom. The van der Waals surface area contributed by atoms with Crippen molar-refractivity contribution in [3.05, 3.63) is 17.3 Å². The number of anilines is 1. The number of rotatable bonds is 4. The average Bonchev–Trinajstić information content (AvgIpc) is 3.01. The van der Waals surface area contributed by atoms with E-state index in [2.05, 4.69) is 15.5 Å². The Bertz CT molecular complexity index is 296. The molecule has 1 saturated carbocycles. The van der Waals surface area contributed by atoms with Gasteiger partial charge in [-0.1, -0.05) is 11.6 Å². The number of hydrogen-bond donors (Lipinski definition) is 2. The molecule has 1 aliphatic rings. The second-order valence-corrected chi connectivity index (χ2v) is 3.95. The first-order chi connectivity index (χ1) is 6.79. The number of halogens is 1. The molecular weight excluding hydrogens is 200 g/mol. The van der Waals surface area contributed by atoms with Crippen LogP contribution in [0, 0.1) is 5.92 Å². The Hall–Kier alpha value is -0.870. The minimum atomic E-state index is 0.325. The summed E-state index contributed by atoms with van der Waals surface area (Å²) in [6.07, 6.45) is 2.52. The SMILES string of the molecule is NCC(Nc1ccc(Cl)nn1)C1CC1. The van der Waals surface area contributed by atoms with Crippen molar-refractivity contribution < 1.29 is 0 Å². The molecule has 0 aromatic carbocycles. The number of hydrogen-bond acceptors (Lipinski definition) is 4. The van der Waals surface area contributed by atoms with E-state index in [0.29, 0.717) is 23.7 Å². The molecule has 0 radical (unpaired) electrons. The maximum Gasteiger partial charge on any atom is 0.151 e. The Balaban J connectivity index is 1.98. The topological polar surface area (TPSA) is 63.8 Å². The van der Waals surface area contributed by atoms with Crippen LogP contribution in [0.25, 0.3) is 0 Å². The van der Waals surface area contributed by atoms with Gasteiger partial charge in [0, 0.05) is 12.6 Å². The smallest absolute Gasteiger partial charge is 0.151 e. The predicted molar refractivity (Wildman–Crippen MR) is 56.2 cm³/mol. The molecule has 1 aliphatic carbocycles. The summed E-state index contributed by atoms with van der Waals surface area (Å²) in [6, 6.07) is 3.86. The lowest BCUT2D eigenvalue weighted by Crippen LogP contribution is -2.31. The van der Waals surface area contributed by atoms with Gasteiger partial charge < -0.3 is 11.1 Å². The molecule has 0 bridgehead atoms. The third kappa shape index (κ3) is 2.33. The van der Waals surface area contributed by atoms with E-state index in [1.807, 2.05) is 6.07 Å². The number of nitrogens with one attached hydrogen (secondary N) is 1. The molecular formula is C9H13ClN4. The number of nitrogens with zero attached hydrogens (tertiary/aromatic N) is 2. The van der Waals surface area contributed by atoms with Gasteiger partial charge in [-0.15, -0.1) is 10.2 Å². The molecule has 1 fully saturated rings. The van der Waals surface area contributed by atoms with E-state index >= 15 is 0 Å². The van der Waals surface area contributed by atoms with E-state index in [-0.39, 0.29) is 0 Å². The summed E-state index contributed by atoms with van der Waals surface area (Å²) in [6.45, 7) is 0.634. The van der Waals surface area contributed by atoms with Crippen LogP contribution in [-0.2, 0) is 0 Å². The highest BCUT2D eigenvalue weighted by Crippen LogP contribution is 2.33. The molecule has 0 aliphatic heterocycles. The van der Waals surface area contributed by atoms with Crippen LogP contribution in [-0.4, -0.2) is 22.8 Å². The summed E-state index contributed by atoms with van der Waals surface area (Å²) in [5.74, 6) is 1.45. The summed E-state index contributed by atoms with van der Waals surface area (Å²) in [4.78, 5) is 0. The fourth-order valence-corrected chi connectivity index (χ4v) is 1.55. The minimum absolute atomic E-state index is 0.325. The van der Waals surface area contributed by atoms with Gasteiger partial charge in [0.05, 0.1) is 0 Å². The molecule has 4 nitrogen and oxygen atoms in total. The number of nitrogens with two attached hydrogens (primary N) is 1. The van der Waals surface area contributed by atoms with E-state index in [1.165, 1.54) is 12.8 Å². The zero-order chi connectivity index (χ0) is 9.97. The zero-order valence-electron chi connectivity index (χ0n) is 7.78. The van der Waals surface area contributed by atoms with E-state index in [1.54, 1.807) is 6.07 Å². The molecule has 76 valence electrons. The van der Waals surface area contributed by atoms with Crippen LogP contribution in [0.1, 0.15) is 12.8 Å². The van der Waals surface area contributed by atoms with Gasteiger partial charge in [-0.2, -0.15) is 0 Å². The lowest BCUT2D eigenvalue weighted by Gasteiger charge is -2.15. The Morgan fingerprint density at radius 1 is 1.50 bits per heavy atom. The molecule has 0 saturated heterocycles. The van der Waals surface area contributed by atoms with Crippen LogP contribution >= 0.6 is 11.6 Å². The highest BCUT2D eigenvalue weighted by molar-refractivity contribution is 6.29. The molecule has 1 atom stereocenters. The fourth-order valence-electron chi connectivity index (χ4n) is 1.45. The maximum absolute atomic E-state index is 5.65. The summed E-state index contributed by atoms with van der Waals surface area (Å²) in [5.41, 5.74) is 5.65. The Kier molecular flexibility index (Phi) is 2.84. The molecule has 3 N–H and O–H groups in total. The van der Waals surface area contributed by atoms with Crippen molar-refractivity contribution in [2.75, 3.05) is 11.9 Å². The fraction of sp³-hybridized carbons (Fsp3) is 0.556. The third-order valence-corrected chi connectivity index (χ3v) is 2.61. The van der Waals surface area contributed by atoms with Crippen LogP contribution in [0.4, 0.5) is 5.82 Å². The lowest BCUT2D eigenvalue weighted by molar-refractivity contribution is 0.640. The van der Waals surface area contributed by atoms with E-state index in [0.717, 1.165) is 5.82 Å². The van der Waals surface area contributed by atoms with Crippen molar-refractivity contribution in [3.63, 3.8) is 0 Å². The van der Waals surface area contributed by atoms with E-state index < -0.39 is 0 Å². The second-order valence-electron chi connectivity index (χ2n) is 3.57. The average molecular weight is 213 g/mol. The Labute approximate surface area is 87.9 Å². The minimum Gasteiger partial charge on any atom is -0.364 e. The first-order valence-electron chi connectivity index (χ1n) is 4.75. The highest BCUT2D eigenvalue weighted by Gasteiger charge is 2.30. The second kappa shape index (κ2) is 4.11. The van der Waals surface area contributed by atoms with E-state index in [4.69, 9.17) is 17.3 Å². The molecule has 14 heavy (non-hydrogen) atoms. The van der Waals surface area contributed by atoms with E-state index in [9.17, 15) is 0 Å². The molecule has 1 unspecified atom stereocenters. The van der Waals surface area contributed by atoms with Gasteiger partial charge in [-0.05, 0) is 30.9 Å². The molecule has 2 rings (SSSR count). The Morgan fingerprint density at radius 2 is 2.29 bits per heavy atom. The van der Waals surface area contributed by atoms with Crippen molar-refractivity contribution >= 4 is 17.4 Å². The summed E-state index contributed by atoms with van der Waals surface area (Å²) in [7, 11) is 0. The molecule has 5 heteroatoms. The van der Waals surface area contributed by atoms with Crippen LogP contribution in [0.3, 0.4) is 0 Å². The predicted octanol–water partition coefficient (Wildman–Crippen LogP) is 1.28. The first-order valence-corrected chi connectivity index (χ1v) is 5.13. The van der Waals surface area contributed by atoms with Crippen molar-refractivity contribution in [2.24, 2.45) is 11.7 Å². The molecule has 0 amide bonds. The van der Waals surface area contributed by atoms with Crippen molar-refractivity contribution in [1.29, 1.82) is 0 Å².